The molecule has 5 nitrogen and oxygen atoms in total. The topological polar surface area (TPSA) is 62.3 Å². The first-order chi connectivity index (χ1) is 16.0. The lowest BCUT2D eigenvalue weighted by Gasteiger charge is -2.29. The van der Waals surface area contributed by atoms with E-state index in [0.29, 0.717) is 31.7 Å². The maximum Gasteiger partial charge on any atom is 0.419 e. The fourth-order valence-electron chi connectivity index (χ4n) is 4.52. The Labute approximate surface area is 193 Å². The maximum atomic E-state index is 14.7. The highest BCUT2D eigenvalue weighted by Gasteiger charge is 2.43. The third-order valence-electron chi connectivity index (χ3n) is 6.46. The van der Waals surface area contributed by atoms with E-state index in [1.807, 2.05) is 13.8 Å². The van der Waals surface area contributed by atoms with Gasteiger partial charge < -0.3 is 10.2 Å². The zero-order valence-electron chi connectivity index (χ0n) is 18.6. The van der Waals surface area contributed by atoms with Crippen LogP contribution in [-0.4, -0.2) is 33.8 Å². The molecule has 182 valence electrons. The fraction of sp³-hybridized carbons (Fsp3) is 0.458. The van der Waals surface area contributed by atoms with E-state index in [1.165, 1.54) is 11.1 Å². The predicted octanol–water partition coefficient (Wildman–Crippen LogP) is 4.95. The monoisotopic (exact) mass is 481 g/mol. The molecule has 2 heterocycles. The van der Waals surface area contributed by atoms with Crippen molar-refractivity contribution in [2.45, 2.75) is 63.8 Å². The average molecular weight is 481 g/mol. The van der Waals surface area contributed by atoms with Gasteiger partial charge in [-0.05, 0) is 75.3 Å². The molecule has 1 N–H and O–H groups in total. The van der Waals surface area contributed by atoms with E-state index in [9.17, 15) is 31.5 Å². The van der Waals surface area contributed by atoms with E-state index in [0.717, 1.165) is 5.56 Å². The number of amides is 2. The number of carbonyl (C=O) groups excluding carboxylic acids is 2. The largest absolute Gasteiger partial charge is 0.419 e. The number of halogens is 5. The minimum Gasteiger partial charge on any atom is -0.347 e. The number of likely N-dealkylation sites (tertiary alicyclic amines) is 1. The van der Waals surface area contributed by atoms with Gasteiger partial charge in [0.05, 0.1) is 11.6 Å². The van der Waals surface area contributed by atoms with Crippen molar-refractivity contribution in [2.24, 2.45) is 5.92 Å². The van der Waals surface area contributed by atoms with E-state index in [2.05, 4.69) is 10.3 Å². The molecule has 0 unspecified atom stereocenters. The molecule has 3 atom stereocenters. The molecule has 0 bridgehead atoms. The quantitative estimate of drug-likeness (QED) is 0.615. The zero-order chi connectivity index (χ0) is 24.8. The summed E-state index contributed by atoms with van der Waals surface area (Å²) in [4.78, 5) is 31.9. The van der Waals surface area contributed by atoms with Crippen molar-refractivity contribution in [1.82, 2.24) is 15.2 Å². The minimum atomic E-state index is -5.04. The molecule has 1 saturated heterocycles. The SMILES string of the molecule is Cc1ccnc(C(=O)N2[C@H](C)CC[C@@H]2C(=O)N[C@@H](c2cc(F)c(C(F)(F)F)cc2F)C2CC2)c1. The molecule has 1 saturated carbocycles. The maximum absolute atomic E-state index is 14.7. The summed E-state index contributed by atoms with van der Waals surface area (Å²) in [6, 6.07) is 1.91. The Morgan fingerprint density at radius 3 is 2.41 bits per heavy atom. The van der Waals surface area contributed by atoms with E-state index in [-0.39, 0.29) is 29.3 Å². The molecule has 0 radical (unpaired) electrons. The van der Waals surface area contributed by atoms with Crippen molar-refractivity contribution in [2.75, 3.05) is 0 Å². The van der Waals surface area contributed by atoms with Crippen LogP contribution in [0.15, 0.2) is 30.5 Å². The second-order valence-electron chi connectivity index (χ2n) is 9.05. The third kappa shape index (κ3) is 4.76. The third-order valence-corrected chi connectivity index (χ3v) is 6.46. The Bertz CT molecular complexity index is 1120. The lowest BCUT2D eigenvalue weighted by atomic mass is 9.98. The van der Waals surface area contributed by atoms with Crippen LogP contribution in [0.5, 0.6) is 0 Å². The van der Waals surface area contributed by atoms with Gasteiger partial charge in [-0.3, -0.25) is 14.6 Å². The summed E-state index contributed by atoms with van der Waals surface area (Å²) >= 11 is 0. The van der Waals surface area contributed by atoms with Gasteiger partial charge in [-0.2, -0.15) is 13.2 Å². The van der Waals surface area contributed by atoms with Crippen LogP contribution in [-0.2, 0) is 11.0 Å². The fourth-order valence-corrected chi connectivity index (χ4v) is 4.52. The molecule has 1 aliphatic heterocycles. The van der Waals surface area contributed by atoms with Gasteiger partial charge in [0.2, 0.25) is 5.91 Å². The zero-order valence-corrected chi connectivity index (χ0v) is 18.6. The number of benzene rings is 1. The number of pyridine rings is 1. The van der Waals surface area contributed by atoms with Gasteiger partial charge in [0.25, 0.3) is 5.91 Å². The number of nitrogens with zero attached hydrogens (tertiary/aromatic N) is 2. The summed E-state index contributed by atoms with van der Waals surface area (Å²) < 4.78 is 67.7. The van der Waals surface area contributed by atoms with Crippen LogP contribution in [0.25, 0.3) is 0 Å². The van der Waals surface area contributed by atoms with Crippen LogP contribution < -0.4 is 5.32 Å². The summed E-state index contributed by atoms with van der Waals surface area (Å²) in [5, 5.41) is 2.69. The predicted molar refractivity (Wildman–Crippen MR) is 113 cm³/mol. The Kier molecular flexibility index (Phi) is 6.35. The standard InChI is InChI=1S/C24H24F5N3O2/c1-12-7-8-30-19(9-12)23(34)32-13(2)3-6-20(32)22(33)31-21(14-4-5-14)15-10-18(26)16(11-17(15)25)24(27,28)29/h7-11,13-14,20-21H,3-6H2,1-2H3,(H,31,33)/t13-,20-,21-/m1/s1. The van der Waals surface area contributed by atoms with Crippen LogP contribution in [0.4, 0.5) is 22.0 Å². The first kappa shape index (κ1) is 24.1. The van der Waals surface area contributed by atoms with E-state index in [1.54, 1.807) is 12.1 Å². The highest BCUT2D eigenvalue weighted by molar-refractivity contribution is 5.97. The molecule has 2 fully saturated rings. The lowest BCUT2D eigenvalue weighted by Crippen LogP contribution is -2.49. The van der Waals surface area contributed by atoms with Gasteiger partial charge in [0.15, 0.2) is 0 Å². The molecular formula is C24H24F5N3O2. The normalized spacial score (nSPS) is 21.4. The van der Waals surface area contributed by atoms with Crippen molar-refractivity contribution >= 4 is 11.8 Å². The molecule has 4 rings (SSSR count). The summed E-state index contributed by atoms with van der Waals surface area (Å²) in [5.41, 5.74) is -0.992. The number of aryl methyl sites for hydroxylation is 1. The molecule has 2 amide bonds. The van der Waals surface area contributed by atoms with Crippen LogP contribution in [0.3, 0.4) is 0 Å². The number of nitrogens with one attached hydrogen (secondary N) is 1. The first-order valence-electron chi connectivity index (χ1n) is 11.1. The number of hydrogen-bond acceptors (Lipinski definition) is 3. The Morgan fingerprint density at radius 2 is 1.79 bits per heavy atom. The summed E-state index contributed by atoms with van der Waals surface area (Å²) in [5.74, 6) is -4.02. The van der Waals surface area contributed by atoms with Crippen LogP contribution >= 0.6 is 0 Å². The smallest absolute Gasteiger partial charge is 0.347 e. The van der Waals surface area contributed by atoms with Crippen molar-refractivity contribution < 1.29 is 31.5 Å². The second-order valence-corrected chi connectivity index (χ2v) is 9.05. The van der Waals surface area contributed by atoms with Crippen LogP contribution in [0.1, 0.15) is 65.8 Å². The van der Waals surface area contributed by atoms with Gasteiger partial charge in [-0.25, -0.2) is 8.78 Å². The number of aromatic nitrogens is 1. The molecule has 34 heavy (non-hydrogen) atoms. The molecule has 2 aliphatic rings. The van der Waals surface area contributed by atoms with E-state index < -0.39 is 47.3 Å². The number of alkyl halides is 3. The summed E-state index contributed by atoms with van der Waals surface area (Å²) in [6.45, 7) is 3.62. The Morgan fingerprint density at radius 1 is 1.09 bits per heavy atom. The molecule has 1 aromatic heterocycles. The molecule has 1 aromatic carbocycles. The first-order valence-corrected chi connectivity index (χ1v) is 11.1. The van der Waals surface area contributed by atoms with Gasteiger partial charge in [-0.15, -0.1) is 0 Å². The van der Waals surface area contributed by atoms with Crippen molar-refractivity contribution in [1.29, 1.82) is 0 Å². The van der Waals surface area contributed by atoms with Gasteiger partial charge >= 0.3 is 6.18 Å². The second kappa shape index (κ2) is 8.96. The molecule has 0 spiro atoms. The van der Waals surface area contributed by atoms with Gasteiger partial charge in [0.1, 0.15) is 23.4 Å². The van der Waals surface area contributed by atoms with Crippen LogP contribution in [0.2, 0.25) is 0 Å². The minimum absolute atomic E-state index is 0.128. The van der Waals surface area contributed by atoms with E-state index in [4.69, 9.17) is 0 Å². The number of hydrogen-bond donors (Lipinski definition) is 1. The Hall–Kier alpha value is -3.04. The molecular weight excluding hydrogens is 457 g/mol. The molecule has 1 aliphatic carbocycles. The van der Waals surface area contributed by atoms with E-state index >= 15 is 0 Å². The lowest BCUT2D eigenvalue weighted by molar-refractivity contribution is -0.140. The van der Waals surface area contributed by atoms with Crippen LogP contribution in [0, 0.1) is 24.5 Å². The average Bonchev–Trinajstić information content (AvgIpc) is 3.53. The highest BCUT2D eigenvalue weighted by Crippen LogP contribution is 2.43. The molecule has 2 aromatic rings. The van der Waals surface area contributed by atoms with Crippen molar-refractivity contribution in [3.05, 3.63) is 64.5 Å². The van der Waals surface area contributed by atoms with Crippen molar-refractivity contribution in [3.63, 3.8) is 0 Å². The highest BCUT2D eigenvalue weighted by atomic mass is 19.4. The van der Waals surface area contributed by atoms with Crippen molar-refractivity contribution in [3.8, 4) is 0 Å². The molecule has 10 heteroatoms. The van der Waals surface area contributed by atoms with Gasteiger partial charge in [-0.1, -0.05) is 0 Å². The Balaban J connectivity index is 1.59. The number of carbonyl (C=O) groups is 2. The summed E-state index contributed by atoms with van der Waals surface area (Å²) in [6.07, 6.45) is -1.37. The van der Waals surface area contributed by atoms with Gasteiger partial charge in [0, 0.05) is 17.8 Å². The summed E-state index contributed by atoms with van der Waals surface area (Å²) in [7, 11) is 0. The number of rotatable bonds is 5.